The summed E-state index contributed by atoms with van der Waals surface area (Å²) < 4.78 is 0. The maximum atomic E-state index is 10.8. The van der Waals surface area contributed by atoms with E-state index in [1.807, 2.05) is 0 Å². The average Bonchev–Trinajstić information content (AvgIpc) is 2.51. The Morgan fingerprint density at radius 1 is 1.71 bits per heavy atom. The molecular formula is C10H19BrN2O. The number of amides is 1. The van der Waals surface area contributed by atoms with E-state index < -0.39 is 0 Å². The van der Waals surface area contributed by atoms with Crippen LogP contribution in [0.3, 0.4) is 0 Å². The molecule has 1 aliphatic heterocycles. The topological polar surface area (TPSA) is 32.3 Å². The molecular weight excluding hydrogens is 244 g/mol. The van der Waals surface area contributed by atoms with Gasteiger partial charge in [-0.2, -0.15) is 0 Å². The summed E-state index contributed by atoms with van der Waals surface area (Å²) in [6, 6.07) is 0.370. The summed E-state index contributed by atoms with van der Waals surface area (Å²) in [4.78, 5) is 13.3. The zero-order chi connectivity index (χ0) is 10.6. The van der Waals surface area contributed by atoms with Crippen molar-refractivity contribution in [2.45, 2.75) is 26.3 Å². The summed E-state index contributed by atoms with van der Waals surface area (Å²) >= 11 is 3.48. The van der Waals surface area contributed by atoms with E-state index in [0.29, 0.717) is 12.0 Å². The van der Waals surface area contributed by atoms with E-state index >= 15 is 0 Å². The van der Waals surface area contributed by atoms with Crippen LogP contribution in [-0.4, -0.2) is 41.8 Å². The van der Waals surface area contributed by atoms with Gasteiger partial charge in [-0.3, -0.25) is 4.79 Å². The van der Waals surface area contributed by atoms with Crippen molar-refractivity contribution in [3.05, 3.63) is 0 Å². The second kappa shape index (κ2) is 5.71. The molecule has 0 aromatic carbocycles. The molecule has 3 nitrogen and oxygen atoms in total. The second-order valence-electron chi connectivity index (χ2n) is 4.21. The first-order chi connectivity index (χ1) is 6.61. The lowest BCUT2D eigenvalue weighted by atomic mass is 10.2. The third-order valence-electron chi connectivity index (χ3n) is 2.51. The van der Waals surface area contributed by atoms with Gasteiger partial charge in [-0.1, -0.05) is 22.9 Å². The average molecular weight is 263 g/mol. The Morgan fingerprint density at radius 3 is 3.00 bits per heavy atom. The first-order valence-corrected chi connectivity index (χ1v) is 6.29. The van der Waals surface area contributed by atoms with Crippen LogP contribution in [0.5, 0.6) is 0 Å². The number of hydrogen-bond acceptors (Lipinski definition) is 2. The molecule has 1 amide bonds. The van der Waals surface area contributed by atoms with Crippen LogP contribution in [0.2, 0.25) is 0 Å². The van der Waals surface area contributed by atoms with Crippen molar-refractivity contribution in [1.82, 2.24) is 10.2 Å². The molecule has 0 aromatic rings. The molecule has 1 aliphatic rings. The summed E-state index contributed by atoms with van der Waals surface area (Å²) in [5.74, 6) is 0.775. The van der Waals surface area contributed by atoms with Gasteiger partial charge >= 0.3 is 0 Å². The first-order valence-electron chi connectivity index (χ1n) is 5.17. The number of carbonyl (C=O) groups is 1. The van der Waals surface area contributed by atoms with Crippen LogP contribution in [0, 0.1) is 5.92 Å². The van der Waals surface area contributed by atoms with Gasteiger partial charge in [0.15, 0.2) is 0 Å². The lowest BCUT2D eigenvalue weighted by Gasteiger charge is -2.19. The number of nitrogens with zero attached hydrogens (tertiary/aromatic N) is 1. The largest absolute Gasteiger partial charge is 0.352 e. The van der Waals surface area contributed by atoms with Crippen LogP contribution in [-0.2, 0) is 4.79 Å². The van der Waals surface area contributed by atoms with Gasteiger partial charge in [0.1, 0.15) is 0 Å². The molecule has 14 heavy (non-hydrogen) atoms. The van der Waals surface area contributed by atoms with E-state index in [9.17, 15) is 4.79 Å². The van der Waals surface area contributed by atoms with Crippen molar-refractivity contribution in [3.63, 3.8) is 0 Å². The molecule has 0 aromatic heterocycles. The van der Waals surface area contributed by atoms with Gasteiger partial charge in [-0.25, -0.2) is 0 Å². The molecule has 1 rings (SSSR count). The molecule has 82 valence electrons. The number of nitrogens with one attached hydrogen (secondary N) is 1. The van der Waals surface area contributed by atoms with E-state index in [1.54, 1.807) is 6.92 Å². The standard InChI is InChI=1S/C10H19BrN2O/c1-8(5-11)6-13-4-3-10(7-13)12-9(2)14/h8,10H,3-7H2,1-2H3,(H,12,14). The van der Waals surface area contributed by atoms with Crippen LogP contribution in [0.4, 0.5) is 0 Å². The van der Waals surface area contributed by atoms with Crippen molar-refractivity contribution in [3.8, 4) is 0 Å². The van der Waals surface area contributed by atoms with E-state index in [2.05, 4.69) is 33.1 Å². The van der Waals surface area contributed by atoms with Gasteiger partial charge in [0.05, 0.1) is 0 Å². The molecule has 1 N–H and O–H groups in total. The third kappa shape index (κ3) is 3.96. The Kier molecular flexibility index (Phi) is 4.89. The third-order valence-corrected chi connectivity index (χ3v) is 3.62. The number of rotatable bonds is 4. The lowest BCUT2D eigenvalue weighted by molar-refractivity contribution is -0.119. The van der Waals surface area contributed by atoms with Crippen molar-refractivity contribution < 1.29 is 4.79 Å². The molecule has 4 heteroatoms. The molecule has 2 atom stereocenters. The smallest absolute Gasteiger partial charge is 0.217 e. The fourth-order valence-corrected chi connectivity index (χ4v) is 2.10. The number of halogens is 1. The fraction of sp³-hybridized carbons (Fsp3) is 0.900. The highest BCUT2D eigenvalue weighted by Gasteiger charge is 2.23. The summed E-state index contributed by atoms with van der Waals surface area (Å²) in [7, 11) is 0. The highest BCUT2D eigenvalue weighted by molar-refractivity contribution is 9.09. The minimum atomic E-state index is 0.0883. The molecule has 0 bridgehead atoms. The highest BCUT2D eigenvalue weighted by atomic mass is 79.9. The minimum absolute atomic E-state index is 0.0883. The maximum absolute atomic E-state index is 10.8. The molecule has 1 saturated heterocycles. The van der Waals surface area contributed by atoms with Crippen molar-refractivity contribution >= 4 is 21.8 Å². The molecule has 1 heterocycles. The molecule has 1 fully saturated rings. The van der Waals surface area contributed by atoms with Crippen molar-refractivity contribution in [2.75, 3.05) is 25.0 Å². The van der Waals surface area contributed by atoms with Crippen LogP contribution < -0.4 is 5.32 Å². The Hall–Kier alpha value is -0.0900. The SMILES string of the molecule is CC(=O)NC1CCN(CC(C)CBr)C1. The van der Waals surface area contributed by atoms with Crippen molar-refractivity contribution in [1.29, 1.82) is 0 Å². The normalized spacial score (nSPS) is 24.9. The van der Waals surface area contributed by atoms with Gasteiger partial charge in [-0.15, -0.1) is 0 Å². The van der Waals surface area contributed by atoms with E-state index in [0.717, 1.165) is 31.4 Å². The highest BCUT2D eigenvalue weighted by Crippen LogP contribution is 2.12. The lowest BCUT2D eigenvalue weighted by Crippen LogP contribution is -2.36. The zero-order valence-corrected chi connectivity index (χ0v) is 10.5. The van der Waals surface area contributed by atoms with E-state index in [1.165, 1.54) is 0 Å². The van der Waals surface area contributed by atoms with Gasteiger partial charge in [0.25, 0.3) is 0 Å². The molecule has 0 spiro atoms. The molecule has 0 saturated carbocycles. The van der Waals surface area contributed by atoms with Crippen LogP contribution in [0.25, 0.3) is 0 Å². The number of hydrogen-bond donors (Lipinski definition) is 1. The Bertz CT molecular complexity index is 199. The van der Waals surface area contributed by atoms with Gasteiger partial charge in [0, 0.05) is 37.9 Å². The summed E-state index contributed by atoms with van der Waals surface area (Å²) in [6.45, 7) is 7.07. The maximum Gasteiger partial charge on any atom is 0.217 e. The van der Waals surface area contributed by atoms with Gasteiger partial charge in [0.2, 0.25) is 5.91 Å². The summed E-state index contributed by atoms with van der Waals surface area (Å²) in [5.41, 5.74) is 0. The molecule has 2 unspecified atom stereocenters. The fourth-order valence-electron chi connectivity index (χ4n) is 1.89. The van der Waals surface area contributed by atoms with Crippen LogP contribution >= 0.6 is 15.9 Å². The predicted molar refractivity (Wildman–Crippen MR) is 61.6 cm³/mol. The summed E-state index contributed by atoms with van der Waals surface area (Å²) in [5, 5.41) is 4.02. The van der Waals surface area contributed by atoms with Crippen molar-refractivity contribution in [2.24, 2.45) is 5.92 Å². The first kappa shape index (κ1) is 12.0. The van der Waals surface area contributed by atoms with Gasteiger partial charge in [-0.05, 0) is 12.3 Å². The van der Waals surface area contributed by atoms with Crippen LogP contribution in [0.1, 0.15) is 20.3 Å². The van der Waals surface area contributed by atoms with Gasteiger partial charge < -0.3 is 10.2 Å². The number of alkyl halides is 1. The Balaban J connectivity index is 2.23. The predicted octanol–water partition coefficient (Wildman–Crippen LogP) is 1.23. The minimum Gasteiger partial charge on any atom is -0.352 e. The number of likely N-dealkylation sites (tertiary alicyclic amines) is 1. The van der Waals surface area contributed by atoms with Crippen LogP contribution in [0.15, 0.2) is 0 Å². The Labute approximate surface area is 94.4 Å². The number of carbonyl (C=O) groups excluding carboxylic acids is 1. The zero-order valence-electron chi connectivity index (χ0n) is 8.92. The second-order valence-corrected chi connectivity index (χ2v) is 4.85. The quantitative estimate of drug-likeness (QED) is 0.774. The van der Waals surface area contributed by atoms with E-state index in [4.69, 9.17) is 0 Å². The molecule has 0 radical (unpaired) electrons. The van der Waals surface area contributed by atoms with E-state index in [-0.39, 0.29) is 5.91 Å². The monoisotopic (exact) mass is 262 g/mol. The summed E-state index contributed by atoms with van der Waals surface area (Å²) in [6.07, 6.45) is 1.09. The molecule has 0 aliphatic carbocycles. The Morgan fingerprint density at radius 2 is 2.43 bits per heavy atom.